The standard InChI is InChI=1S/C20H22N2O2/c1-16-8-9-19(17(2)14-16)24-13-10-20(23)22(12-11-21)15-18-6-4-3-5-7-18/h3-9,14H,10,12-13,15H2,1-2H3. The number of hydrogen-bond acceptors (Lipinski definition) is 3. The van der Waals surface area contributed by atoms with Crippen LogP contribution in [0, 0.1) is 25.2 Å². The molecule has 0 aromatic heterocycles. The lowest BCUT2D eigenvalue weighted by Gasteiger charge is -2.20. The van der Waals surface area contributed by atoms with Crippen molar-refractivity contribution in [1.29, 1.82) is 5.26 Å². The van der Waals surface area contributed by atoms with Crippen molar-refractivity contribution in [3.63, 3.8) is 0 Å². The number of nitrogens with zero attached hydrogens (tertiary/aromatic N) is 2. The van der Waals surface area contributed by atoms with Gasteiger partial charge in [-0.3, -0.25) is 4.79 Å². The Morgan fingerprint density at radius 3 is 2.58 bits per heavy atom. The van der Waals surface area contributed by atoms with E-state index < -0.39 is 0 Å². The lowest BCUT2D eigenvalue weighted by Crippen LogP contribution is -2.31. The summed E-state index contributed by atoms with van der Waals surface area (Å²) in [6, 6.07) is 17.7. The predicted octanol–water partition coefficient (Wildman–Crippen LogP) is 3.62. The highest BCUT2D eigenvalue weighted by molar-refractivity contribution is 5.76. The molecule has 0 saturated carbocycles. The molecular formula is C20H22N2O2. The number of aryl methyl sites for hydroxylation is 2. The van der Waals surface area contributed by atoms with Crippen LogP contribution in [0.25, 0.3) is 0 Å². The van der Waals surface area contributed by atoms with Crippen molar-refractivity contribution in [3.8, 4) is 11.8 Å². The number of carbonyl (C=O) groups excluding carboxylic acids is 1. The molecule has 0 aliphatic rings. The number of ether oxygens (including phenoxy) is 1. The second-order valence-electron chi connectivity index (χ2n) is 5.76. The third kappa shape index (κ3) is 5.13. The van der Waals surface area contributed by atoms with E-state index in [9.17, 15) is 4.79 Å². The third-order valence-electron chi connectivity index (χ3n) is 3.73. The maximum Gasteiger partial charge on any atom is 0.227 e. The van der Waals surface area contributed by atoms with E-state index in [0.717, 1.165) is 16.9 Å². The Balaban J connectivity index is 1.89. The van der Waals surface area contributed by atoms with E-state index in [0.29, 0.717) is 13.2 Å². The van der Waals surface area contributed by atoms with Crippen LogP contribution in [0.5, 0.6) is 5.75 Å². The van der Waals surface area contributed by atoms with Crippen LogP contribution in [0.3, 0.4) is 0 Å². The Labute approximate surface area is 143 Å². The van der Waals surface area contributed by atoms with Crippen molar-refractivity contribution in [2.75, 3.05) is 13.2 Å². The number of amides is 1. The lowest BCUT2D eigenvalue weighted by molar-refractivity contribution is -0.131. The highest BCUT2D eigenvalue weighted by atomic mass is 16.5. The second-order valence-corrected chi connectivity index (χ2v) is 5.76. The molecular weight excluding hydrogens is 300 g/mol. The van der Waals surface area contributed by atoms with Crippen LogP contribution >= 0.6 is 0 Å². The molecule has 0 aliphatic carbocycles. The first-order valence-corrected chi connectivity index (χ1v) is 7.99. The summed E-state index contributed by atoms with van der Waals surface area (Å²) in [6.07, 6.45) is 0.252. The van der Waals surface area contributed by atoms with Gasteiger partial charge in [-0.2, -0.15) is 5.26 Å². The maximum absolute atomic E-state index is 12.4. The number of nitriles is 1. The number of carbonyl (C=O) groups is 1. The fraction of sp³-hybridized carbons (Fsp3) is 0.300. The summed E-state index contributed by atoms with van der Waals surface area (Å²) < 4.78 is 5.71. The molecule has 2 aromatic carbocycles. The van der Waals surface area contributed by atoms with Crippen LogP contribution < -0.4 is 4.74 Å². The van der Waals surface area contributed by atoms with Crippen LogP contribution in [-0.2, 0) is 11.3 Å². The summed E-state index contributed by atoms with van der Waals surface area (Å²) in [5.41, 5.74) is 3.25. The number of rotatable bonds is 7. The molecule has 2 rings (SSSR count). The van der Waals surface area contributed by atoms with Crippen molar-refractivity contribution in [2.45, 2.75) is 26.8 Å². The molecule has 0 atom stereocenters. The SMILES string of the molecule is Cc1ccc(OCCC(=O)N(CC#N)Cc2ccccc2)c(C)c1. The Morgan fingerprint density at radius 2 is 1.92 bits per heavy atom. The highest BCUT2D eigenvalue weighted by Crippen LogP contribution is 2.19. The van der Waals surface area contributed by atoms with Gasteiger partial charge in [-0.1, -0.05) is 48.0 Å². The first kappa shape index (κ1) is 17.6. The summed E-state index contributed by atoms with van der Waals surface area (Å²) in [6.45, 7) is 4.85. The highest BCUT2D eigenvalue weighted by Gasteiger charge is 2.14. The van der Waals surface area contributed by atoms with E-state index in [1.54, 1.807) is 4.90 Å². The molecule has 4 heteroatoms. The van der Waals surface area contributed by atoms with Gasteiger partial charge in [0.2, 0.25) is 5.91 Å². The molecule has 4 nitrogen and oxygen atoms in total. The van der Waals surface area contributed by atoms with Crippen molar-refractivity contribution in [3.05, 3.63) is 65.2 Å². The number of benzene rings is 2. The van der Waals surface area contributed by atoms with Gasteiger partial charge in [-0.05, 0) is 31.0 Å². The van der Waals surface area contributed by atoms with Gasteiger partial charge in [0.15, 0.2) is 0 Å². The minimum atomic E-state index is -0.0785. The first-order valence-electron chi connectivity index (χ1n) is 7.99. The second kappa shape index (κ2) is 8.73. The van der Waals surface area contributed by atoms with Gasteiger partial charge in [0.1, 0.15) is 12.3 Å². The normalized spacial score (nSPS) is 10.0. The molecule has 1 amide bonds. The topological polar surface area (TPSA) is 53.3 Å². The van der Waals surface area contributed by atoms with E-state index in [-0.39, 0.29) is 18.9 Å². The van der Waals surface area contributed by atoms with E-state index in [4.69, 9.17) is 10.00 Å². The van der Waals surface area contributed by atoms with Gasteiger partial charge in [-0.25, -0.2) is 0 Å². The average molecular weight is 322 g/mol. The summed E-state index contributed by atoms with van der Waals surface area (Å²) in [5, 5.41) is 8.95. The van der Waals surface area contributed by atoms with E-state index in [1.807, 2.05) is 56.3 Å². The van der Waals surface area contributed by atoms with Crippen molar-refractivity contribution in [2.24, 2.45) is 0 Å². The quantitative estimate of drug-likeness (QED) is 0.732. The maximum atomic E-state index is 12.4. The van der Waals surface area contributed by atoms with Crippen LogP contribution in [0.15, 0.2) is 48.5 Å². The van der Waals surface area contributed by atoms with Gasteiger partial charge in [0.25, 0.3) is 0 Å². The molecule has 0 heterocycles. The van der Waals surface area contributed by atoms with Gasteiger partial charge in [-0.15, -0.1) is 0 Å². The summed E-state index contributed by atoms with van der Waals surface area (Å²) in [7, 11) is 0. The van der Waals surface area contributed by atoms with Crippen LogP contribution in [0.1, 0.15) is 23.1 Å². The molecule has 0 unspecified atom stereocenters. The minimum absolute atomic E-state index is 0.0785. The summed E-state index contributed by atoms with van der Waals surface area (Å²) >= 11 is 0. The summed E-state index contributed by atoms with van der Waals surface area (Å²) in [5.74, 6) is 0.716. The Hall–Kier alpha value is -2.80. The smallest absolute Gasteiger partial charge is 0.227 e. The van der Waals surface area contributed by atoms with Gasteiger partial charge >= 0.3 is 0 Å². The molecule has 0 fully saturated rings. The van der Waals surface area contributed by atoms with Crippen LogP contribution in [0.2, 0.25) is 0 Å². The molecule has 0 radical (unpaired) electrons. The number of hydrogen-bond donors (Lipinski definition) is 0. The Kier molecular flexibility index (Phi) is 6.39. The van der Waals surface area contributed by atoms with Crippen molar-refractivity contribution < 1.29 is 9.53 Å². The molecule has 24 heavy (non-hydrogen) atoms. The van der Waals surface area contributed by atoms with E-state index in [2.05, 4.69) is 12.1 Å². The first-order chi connectivity index (χ1) is 11.6. The molecule has 0 spiro atoms. The molecule has 0 bridgehead atoms. The average Bonchev–Trinajstić information content (AvgIpc) is 2.57. The molecule has 2 aromatic rings. The minimum Gasteiger partial charge on any atom is -0.493 e. The largest absolute Gasteiger partial charge is 0.493 e. The van der Waals surface area contributed by atoms with Crippen LogP contribution in [-0.4, -0.2) is 24.0 Å². The Bertz CT molecular complexity index is 720. The van der Waals surface area contributed by atoms with Crippen molar-refractivity contribution in [1.82, 2.24) is 4.90 Å². The fourth-order valence-electron chi connectivity index (χ4n) is 2.49. The van der Waals surface area contributed by atoms with E-state index in [1.165, 1.54) is 5.56 Å². The zero-order valence-corrected chi connectivity index (χ0v) is 14.2. The fourth-order valence-corrected chi connectivity index (χ4v) is 2.49. The van der Waals surface area contributed by atoms with Gasteiger partial charge < -0.3 is 9.64 Å². The zero-order chi connectivity index (χ0) is 17.4. The molecule has 124 valence electrons. The third-order valence-corrected chi connectivity index (χ3v) is 3.73. The van der Waals surface area contributed by atoms with E-state index >= 15 is 0 Å². The lowest BCUT2D eigenvalue weighted by atomic mass is 10.1. The molecule has 0 N–H and O–H groups in total. The monoisotopic (exact) mass is 322 g/mol. The molecule has 0 aliphatic heterocycles. The zero-order valence-electron chi connectivity index (χ0n) is 14.2. The summed E-state index contributed by atoms with van der Waals surface area (Å²) in [4.78, 5) is 13.9. The predicted molar refractivity (Wildman–Crippen MR) is 93.5 cm³/mol. The van der Waals surface area contributed by atoms with Gasteiger partial charge in [0.05, 0.1) is 19.1 Å². The Morgan fingerprint density at radius 1 is 1.17 bits per heavy atom. The van der Waals surface area contributed by atoms with Crippen molar-refractivity contribution >= 4 is 5.91 Å². The molecule has 0 saturated heterocycles. The van der Waals surface area contributed by atoms with Crippen LogP contribution in [0.4, 0.5) is 0 Å². The van der Waals surface area contributed by atoms with Gasteiger partial charge in [0, 0.05) is 6.54 Å².